The number of H-pyrrole nitrogens is 1. The van der Waals surface area contributed by atoms with Crippen molar-refractivity contribution in [1.29, 1.82) is 0 Å². The molecule has 11 nitrogen and oxygen atoms in total. The molecule has 3 aromatic rings. The van der Waals surface area contributed by atoms with Crippen LogP contribution >= 0.6 is 11.6 Å². The number of aromatic amines is 1. The van der Waals surface area contributed by atoms with Crippen LogP contribution in [-0.2, 0) is 9.59 Å². The van der Waals surface area contributed by atoms with E-state index in [0.29, 0.717) is 22.5 Å². The third kappa shape index (κ3) is 6.50. The number of fused-ring (bicyclic) bond motifs is 1. The summed E-state index contributed by atoms with van der Waals surface area (Å²) in [5.74, 6) is -3.00. The molecule has 1 aliphatic heterocycles. The van der Waals surface area contributed by atoms with Gasteiger partial charge in [0.25, 0.3) is 5.91 Å². The highest BCUT2D eigenvalue weighted by atomic mass is 35.5. The monoisotopic (exact) mass is 533 g/mol. The second kappa shape index (κ2) is 11.2. The molecule has 0 saturated heterocycles. The number of aromatic nitrogens is 2. The summed E-state index contributed by atoms with van der Waals surface area (Å²) in [7, 11) is 0. The average molecular weight is 534 g/mol. The van der Waals surface area contributed by atoms with Gasteiger partial charge in [-0.15, -0.1) is 0 Å². The molecule has 2 unspecified atom stereocenters. The lowest BCUT2D eigenvalue weighted by atomic mass is 10.0. The lowest BCUT2D eigenvalue weighted by Gasteiger charge is -2.19. The number of nitrogens with zero attached hydrogens (tertiary/aromatic N) is 2. The van der Waals surface area contributed by atoms with E-state index in [-0.39, 0.29) is 29.2 Å². The number of anilines is 1. The zero-order chi connectivity index (χ0) is 26.5. The molecule has 0 aliphatic carbocycles. The molecule has 2 aromatic carbocycles. The van der Waals surface area contributed by atoms with Crippen LogP contribution in [0, 0.1) is 5.82 Å². The second-order valence-corrected chi connectivity index (χ2v) is 8.65. The number of nitrogens with one attached hydrogen (secondary N) is 5. The number of aliphatic imine (C=N–C) groups is 1. The van der Waals surface area contributed by atoms with Crippen molar-refractivity contribution in [2.24, 2.45) is 4.99 Å². The highest BCUT2D eigenvalue weighted by Gasteiger charge is 2.22. The SMILES string of the molecule is O=C(O)CC(NC(=O)CNC(=O)c1cc(NC2=NCC(F)CN2)c2cn[nH]c2c1)c1cc(Cl)ccc1F. The van der Waals surface area contributed by atoms with Crippen molar-refractivity contribution >= 4 is 51.9 Å². The van der Waals surface area contributed by atoms with Crippen LogP contribution in [0.4, 0.5) is 14.5 Å². The molecular formula is C23H22ClF2N7O4. The van der Waals surface area contributed by atoms with Gasteiger partial charge in [0.15, 0.2) is 5.96 Å². The summed E-state index contributed by atoms with van der Waals surface area (Å²) in [5.41, 5.74) is 1.09. The van der Waals surface area contributed by atoms with Gasteiger partial charge < -0.3 is 26.4 Å². The van der Waals surface area contributed by atoms with E-state index in [1.807, 2.05) is 0 Å². The number of aliphatic carboxylic acids is 1. The van der Waals surface area contributed by atoms with Crippen LogP contribution in [0.1, 0.15) is 28.4 Å². The van der Waals surface area contributed by atoms with E-state index in [2.05, 4.69) is 36.5 Å². The van der Waals surface area contributed by atoms with Gasteiger partial charge in [-0.05, 0) is 30.3 Å². The minimum atomic E-state index is -1.26. The van der Waals surface area contributed by atoms with Crippen molar-refractivity contribution in [3.63, 3.8) is 0 Å². The van der Waals surface area contributed by atoms with E-state index in [1.165, 1.54) is 24.3 Å². The number of halogens is 3. The summed E-state index contributed by atoms with van der Waals surface area (Å²) in [6.07, 6.45) is -0.136. The third-order valence-electron chi connectivity index (χ3n) is 5.47. The number of rotatable bonds is 8. The van der Waals surface area contributed by atoms with Crippen LogP contribution in [0.5, 0.6) is 0 Å². The van der Waals surface area contributed by atoms with Gasteiger partial charge in [-0.3, -0.25) is 19.5 Å². The van der Waals surface area contributed by atoms with Gasteiger partial charge in [0, 0.05) is 21.5 Å². The molecule has 37 heavy (non-hydrogen) atoms. The zero-order valence-electron chi connectivity index (χ0n) is 19.1. The average Bonchev–Trinajstić information content (AvgIpc) is 3.34. The maximum Gasteiger partial charge on any atom is 0.305 e. The minimum absolute atomic E-state index is 0.00110. The zero-order valence-corrected chi connectivity index (χ0v) is 19.9. The van der Waals surface area contributed by atoms with Crippen LogP contribution in [0.25, 0.3) is 10.9 Å². The Morgan fingerprint density at radius 2 is 2.05 bits per heavy atom. The number of carboxylic acids is 1. The molecule has 0 saturated carbocycles. The Labute approximate surface area is 213 Å². The number of carboxylic acid groups (broad SMARTS) is 1. The fraction of sp³-hybridized carbons (Fsp3) is 0.261. The van der Waals surface area contributed by atoms with Crippen LogP contribution in [0.15, 0.2) is 41.5 Å². The number of hydrogen-bond donors (Lipinski definition) is 6. The highest BCUT2D eigenvalue weighted by Crippen LogP contribution is 2.25. The topological polar surface area (TPSA) is 161 Å². The van der Waals surface area contributed by atoms with Gasteiger partial charge in [0.05, 0.1) is 49.5 Å². The predicted octanol–water partition coefficient (Wildman–Crippen LogP) is 2.13. The first kappa shape index (κ1) is 25.8. The first-order valence-corrected chi connectivity index (χ1v) is 11.5. The quantitative estimate of drug-likeness (QED) is 0.258. The van der Waals surface area contributed by atoms with Gasteiger partial charge in [0.2, 0.25) is 5.91 Å². The van der Waals surface area contributed by atoms with Crippen LogP contribution in [-0.4, -0.2) is 64.9 Å². The molecule has 2 heterocycles. The van der Waals surface area contributed by atoms with Crippen molar-refractivity contribution in [3.05, 3.63) is 58.5 Å². The number of alkyl halides is 1. The molecule has 4 rings (SSSR count). The number of benzene rings is 2. The molecule has 0 spiro atoms. The predicted molar refractivity (Wildman–Crippen MR) is 132 cm³/mol. The van der Waals surface area contributed by atoms with Gasteiger partial charge in [-0.2, -0.15) is 5.10 Å². The lowest BCUT2D eigenvalue weighted by Crippen LogP contribution is -2.41. The van der Waals surface area contributed by atoms with Gasteiger partial charge in [-0.1, -0.05) is 11.6 Å². The molecule has 2 amide bonds. The van der Waals surface area contributed by atoms with Crippen molar-refractivity contribution < 1.29 is 28.3 Å². The Balaban J connectivity index is 1.45. The van der Waals surface area contributed by atoms with Crippen molar-refractivity contribution in [3.8, 4) is 0 Å². The highest BCUT2D eigenvalue weighted by molar-refractivity contribution is 6.30. The number of carbonyl (C=O) groups is 3. The Hall–Kier alpha value is -4.26. The molecule has 6 N–H and O–H groups in total. The Morgan fingerprint density at radius 1 is 1.24 bits per heavy atom. The summed E-state index contributed by atoms with van der Waals surface area (Å²) in [5, 5.41) is 27.5. The van der Waals surface area contributed by atoms with Gasteiger partial charge >= 0.3 is 5.97 Å². The molecule has 2 atom stereocenters. The smallest absolute Gasteiger partial charge is 0.305 e. The number of guanidine groups is 1. The Bertz CT molecular complexity index is 1380. The second-order valence-electron chi connectivity index (χ2n) is 8.21. The molecule has 0 fully saturated rings. The molecular weight excluding hydrogens is 512 g/mol. The number of amides is 2. The molecule has 0 bridgehead atoms. The van der Waals surface area contributed by atoms with Crippen LogP contribution in [0.3, 0.4) is 0 Å². The molecule has 1 aromatic heterocycles. The maximum absolute atomic E-state index is 14.3. The van der Waals surface area contributed by atoms with Gasteiger partial charge in [-0.25, -0.2) is 13.8 Å². The summed E-state index contributed by atoms with van der Waals surface area (Å²) >= 11 is 5.89. The van der Waals surface area contributed by atoms with Crippen molar-refractivity contribution in [2.75, 3.05) is 25.0 Å². The first-order chi connectivity index (χ1) is 17.7. The van der Waals surface area contributed by atoms with E-state index < -0.39 is 48.8 Å². The van der Waals surface area contributed by atoms with Gasteiger partial charge in [0.1, 0.15) is 12.0 Å². The van der Waals surface area contributed by atoms with E-state index in [4.69, 9.17) is 11.6 Å². The fourth-order valence-corrected chi connectivity index (χ4v) is 3.90. The molecule has 0 radical (unpaired) electrons. The maximum atomic E-state index is 14.3. The minimum Gasteiger partial charge on any atom is -0.481 e. The Kier molecular flexibility index (Phi) is 7.82. The summed E-state index contributed by atoms with van der Waals surface area (Å²) in [6.45, 7) is -0.411. The first-order valence-electron chi connectivity index (χ1n) is 11.1. The van der Waals surface area contributed by atoms with E-state index in [0.717, 1.165) is 6.07 Å². The summed E-state index contributed by atoms with van der Waals surface area (Å²) in [6, 6.07) is 5.45. The van der Waals surface area contributed by atoms with E-state index in [1.54, 1.807) is 6.20 Å². The summed E-state index contributed by atoms with van der Waals surface area (Å²) < 4.78 is 27.6. The standard InChI is InChI=1S/C23H22ClF2N7O4/c24-12-1-2-16(26)14(5-12)18(6-21(35)36)31-20(34)10-27-22(37)11-3-17(15-9-30-33-19(15)4-11)32-23-28-7-13(25)8-29-23/h1-5,9,13,18H,6-8,10H2,(H,27,37)(H,30,33)(H,31,34)(H,35,36)(H2,28,29,32). The van der Waals surface area contributed by atoms with Crippen LogP contribution < -0.4 is 21.3 Å². The molecule has 194 valence electrons. The third-order valence-corrected chi connectivity index (χ3v) is 5.70. The molecule has 14 heteroatoms. The number of hydrogen-bond acceptors (Lipinski definition) is 7. The Morgan fingerprint density at radius 3 is 2.78 bits per heavy atom. The lowest BCUT2D eigenvalue weighted by molar-refractivity contribution is -0.137. The molecule has 1 aliphatic rings. The number of carbonyl (C=O) groups excluding carboxylic acids is 2. The van der Waals surface area contributed by atoms with Crippen molar-refractivity contribution in [1.82, 2.24) is 26.1 Å². The van der Waals surface area contributed by atoms with E-state index >= 15 is 0 Å². The fourth-order valence-electron chi connectivity index (χ4n) is 3.72. The van der Waals surface area contributed by atoms with Crippen LogP contribution in [0.2, 0.25) is 5.02 Å². The van der Waals surface area contributed by atoms with E-state index in [9.17, 15) is 28.3 Å². The van der Waals surface area contributed by atoms with Crippen molar-refractivity contribution in [2.45, 2.75) is 18.6 Å². The summed E-state index contributed by atoms with van der Waals surface area (Å²) in [4.78, 5) is 40.7. The normalized spacial score (nSPS) is 15.9. The largest absolute Gasteiger partial charge is 0.481 e.